The van der Waals surface area contributed by atoms with Gasteiger partial charge in [0.2, 0.25) is 5.91 Å². The van der Waals surface area contributed by atoms with Gasteiger partial charge in [-0.15, -0.1) is 11.8 Å². The van der Waals surface area contributed by atoms with Crippen LogP contribution in [0.1, 0.15) is 34.8 Å². The SMILES string of the molecule is CCC(Sc1cccc(NC(=O)/C(=C/c2cccnc2)NC(=O)c2ccccc2)c1)C(=O)Nc1cccc(Cl)c1C. The summed E-state index contributed by atoms with van der Waals surface area (Å²) in [5, 5.41) is 8.77. The molecule has 0 saturated carbocycles. The van der Waals surface area contributed by atoms with Crippen LogP contribution in [0, 0.1) is 6.92 Å². The minimum atomic E-state index is -0.499. The van der Waals surface area contributed by atoms with Gasteiger partial charge in [0.15, 0.2) is 0 Å². The molecular formula is C32H29ClN4O3S. The number of thioether (sulfide) groups is 1. The van der Waals surface area contributed by atoms with Crippen LogP contribution in [0.2, 0.25) is 5.02 Å². The maximum absolute atomic E-state index is 13.3. The van der Waals surface area contributed by atoms with Gasteiger partial charge in [-0.3, -0.25) is 19.4 Å². The number of aromatic nitrogens is 1. The average Bonchev–Trinajstić information content (AvgIpc) is 2.99. The Labute approximate surface area is 248 Å². The molecule has 208 valence electrons. The second-order valence-corrected chi connectivity index (χ2v) is 10.7. The Kier molecular flexibility index (Phi) is 10.3. The van der Waals surface area contributed by atoms with Crippen molar-refractivity contribution in [2.24, 2.45) is 0 Å². The van der Waals surface area contributed by atoms with E-state index in [1.54, 1.807) is 85.2 Å². The first-order valence-corrected chi connectivity index (χ1v) is 14.2. The molecule has 1 heterocycles. The molecule has 3 amide bonds. The fourth-order valence-corrected chi connectivity index (χ4v) is 5.05. The van der Waals surface area contributed by atoms with Crippen LogP contribution in [0.4, 0.5) is 11.4 Å². The van der Waals surface area contributed by atoms with E-state index in [0.29, 0.717) is 33.9 Å². The van der Waals surface area contributed by atoms with E-state index in [2.05, 4.69) is 20.9 Å². The summed E-state index contributed by atoms with van der Waals surface area (Å²) in [7, 11) is 0. The predicted molar refractivity (Wildman–Crippen MR) is 166 cm³/mol. The van der Waals surface area contributed by atoms with E-state index in [9.17, 15) is 14.4 Å². The lowest BCUT2D eigenvalue weighted by Gasteiger charge is -2.17. The van der Waals surface area contributed by atoms with E-state index in [4.69, 9.17) is 11.6 Å². The number of pyridine rings is 1. The van der Waals surface area contributed by atoms with Crippen molar-refractivity contribution in [1.29, 1.82) is 0 Å². The van der Waals surface area contributed by atoms with Gasteiger partial charge in [-0.2, -0.15) is 0 Å². The molecule has 1 aromatic heterocycles. The summed E-state index contributed by atoms with van der Waals surface area (Å²) in [5.74, 6) is -1.05. The van der Waals surface area contributed by atoms with Crippen LogP contribution >= 0.6 is 23.4 Å². The van der Waals surface area contributed by atoms with E-state index in [0.717, 1.165) is 10.5 Å². The van der Waals surface area contributed by atoms with Gasteiger partial charge in [0.05, 0.1) is 5.25 Å². The third kappa shape index (κ3) is 8.30. The van der Waals surface area contributed by atoms with Gasteiger partial charge in [0.1, 0.15) is 5.70 Å². The normalized spacial score (nSPS) is 11.8. The summed E-state index contributed by atoms with van der Waals surface area (Å²) in [4.78, 5) is 44.1. The average molecular weight is 585 g/mol. The Morgan fingerprint density at radius 3 is 2.46 bits per heavy atom. The number of carbonyl (C=O) groups is 3. The number of halogens is 1. The Morgan fingerprint density at radius 1 is 0.951 bits per heavy atom. The smallest absolute Gasteiger partial charge is 0.272 e. The largest absolute Gasteiger partial charge is 0.325 e. The van der Waals surface area contributed by atoms with E-state index >= 15 is 0 Å². The number of nitrogens with one attached hydrogen (secondary N) is 3. The fraction of sp³-hybridized carbons (Fsp3) is 0.125. The van der Waals surface area contributed by atoms with Crippen LogP contribution in [0.25, 0.3) is 6.08 Å². The number of hydrogen-bond donors (Lipinski definition) is 3. The molecule has 0 radical (unpaired) electrons. The van der Waals surface area contributed by atoms with E-state index < -0.39 is 11.8 Å². The highest BCUT2D eigenvalue weighted by molar-refractivity contribution is 8.00. The number of rotatable bonds is 10. The van der Waals surface area contributed by atoms with Crippen LogP contribution in [0.3, 0.4) is 0 Å². The molecule has 0 aliphatic rings. The Hall–Kier alpha value is -4.40. The van der Waals surface area contributed by atoms with Gasteiger partial charge in [-0.1, -0.05) is 54.9 Å². The minimum absolute atomic E-state index is 0.0626. The molecule has 0 bridgehead atoms. The van der Waals surface area contributed by atoms with Gasteiger partial charge in [-0.05, 0) is 79.1 Å². The first-order valence-electron chi connectivity index (χ1n) is 13.0. The summed E-state index contributed by atoms with van der Waals surface area (Å²) >= 11 is 7.60. The van der Waals surface area contributed by atoms with Crippen LogP contribution in [-0.2, 0) is 9.59 Å². The van der Waals surface area contributed by atoms with Crippen molar-refractivity contribution in [1.82, 2.24) is 10.3 Å². The van der Waals surface area contributed by atoms with Gasteiger partial charge in [0, 0.05) is 39.3 Å². The summed E-state index contributed by atoms with van der Waals surface area (Å²) in [6.07, 6.45) is 5.39. The molecule has 1 atom stereocenters. The van der Waals surface area contributed by atoms with Crippen molar-refractivity contribution < 1.29 is 14.4 Å². The lowest BCUT2D eigenvalue weighted by Crippen LogP contribution is -2.30. The second kappa shape index (κ2) is 14.3. The molecule has 1 unspecified atom stereocenters. The van der Waals surface area contributed by atoms with Gasteiger partial charge in [0.25, 0.3) is 11.8 Å². The monoisotopic (exact) mass is 584 g/mol. The second-order valence-electron chi connectivity index (χ2n) is 9.06. The van der Waals surface area contributed by atoms with Crippen molar-refractivity contribution in [2.45, 2.75) is 30.4 Å². The minimum Gasteiger partial charge on any atom is -0.325 e. The highest BCUT2D eigenvalue weighted by atomic mass is 35.5. The van der Waals surface area contributed by atoms with Crippen LogP contribution in [0.5, 0.6) is 0 Å². The standard InChI is InChI=1S/C32H29ClN4O3S/c1-3-29(32(40)36-27-16-8-15-26(33)21(27)2)41-25-14-7-13-24(19-25)35-31(39)28(18-22-10-9-17-34-20-22)37-30(38)23-11-5-4-6-12-23/h4-20,29H,3H2,1-2H3,(H,35,39)(H,36,40)(H,37,38)/b28-18-. The first kappa shape index (κ1) is 29.6. The van der Waals surface area contributed by atoms with Crippen LogP contribution < -0.4 is 16.0 Å². The molecule has 0 fully saturated rings. The molecule has 0 aliphatic heterocycles. The number of benzene rings is 3. The van der Waals surface area contributed by atoms with E-state index in [1.165, 1.54) is 11.8 Å². The van der Waals surface area contributed by atoms with Crippen molar-refractivity contribution in [3.05, 3.63) is 125 Å². The highest BCUT2D eigenvalue weighted by Gasteiger charge is 2.20. The van der Waals surface area contributed by atoms with Gasteiger partial charge < -0.3 is 16.0 Å². The number of hydrogen-bond acceptors (Lipinski definition) is 5. The topological polar surface area (TPSA) is 100 Å². The molecule has 3 N–H and O–H groups in total. The van der Waals surface area contributed by atoms with Crippen molar-refractivity contribution >= 4 is 58.5 Å². The predicted octanol–water partition coefficient (Wildman–Crippen LogP) is 6.96. The summed E-state index contributed by atoms with van der Waals surface area (Å²) in [5.41, 5.74) is 3.14. The maximum atomic E-state index is 13.3. The lowest BCUT2D eigenvalue weighted by atomic mass is 10.2. The number of nitrogens with zero attached hydrogens (tertiary/aromatic N) is 1. The molecule has 3 aromatic carbocycles. The van der Waals surface area contributed by atoms with Crippen LogP contribution in [-0.4, -0.2) is 28.0 Å². The molecule has 0 spiro atoms. The zero-order valence-electron chi connectivity index (χ0n) is 22.6. The molecule has 9 heteroatoms. The van der Waals surface area contributed by atoms with Crippen molar-refractivity contribution in [2.75, 3.05) is 10.6 Å². The molecule has 4 rings (SSSR count). The zero-order valence-corrected chi connectivity index (χ0v) is 24.1. The molecule has 0 aliphatic carbocycles. The molecular weight excluding hydrogens is 556 g/mol. The molecule has 0 saturated heterocycles. The van der Waals surface area contributed by atoms with Crippen molar-refractivity contribution in [3.63, 3.8) is 0 Å². The lowest BCUT2D eigenvalue weighted by molar-refractivity contribution is -0.116. The Balaban J connectivity index is 1.49. The van der Waals surface area contributed by atoms with E-state index in [-0.39, 0.29) is 16.9 Å². The number of carbonyl (C=O) groups excluding carboxylic acids is 3. The maximum Gasteiger partial charge on any atom is 0.272 e. The fourth-order valence-electron chi connectivity index (χ4n) is 3.86. The van der Waals surface area contributed by atoms with Crippen molar-refractivity contribution in [3.8, 4) is 0 Å². The summed E-state index contributed by atoms with van der Waals surface area (Å²) < 4.78 is 0. The number of anilines is 2. The van der Waals surface area contributed by atoms with E-state index in [1.807, 2.05) is 32.0 Å². The molecule has 4 aromatic rings. The molecule has 7 nitrogen and oxygen atoms in total. The first-order chi connectivity index (χ1) is 19.8. The Bertz CT molecular complexity index is 1560. The highest BCUT2D eigenvalue weighted by Crippen LogP contribution is 2.30. The van der Waals surface area contributed by atoms with Gasteiger partial charge in [-0.25, -0.2) is 0 Å². The van der Waals surface area contributed by atoms with Crippen LogP contribution in [0.15, 0.2) is 108 Å². The summed E-state index contributed by atoms with van der Waals surface area (Å²) in [6, 6.07) is 24.8. The third-order valence-electron chi connectivity index (χ3n) is 6.08. The number of amides is 3. The van der Waals surface area contributed by atoms with Gasteiger partial charge >= 0.3 is 0 Å². The molecule has 41 heavy (non-hydrogen) atoms. The summed E-state index contributed by atoms with van der Waals surface area (Å²) in [6.45, 7) is 3.80. The zero-order chi connectivity index (χ0) is 29.2. The quantitative estimate of drug-likeness (QED) is 0.138. The Morgan fingerprint density at radius 2 is 1.73 bits per heavy atom. The third-order valence-corrected chi connectivity index (χ3v) is 7.85.